The summed E-state index contributed by atoms with van der Waals surface area (Å²) in [6, 6.07) is 28.3. The number of amides is 3. The monoisotopic (exact) mass is 1910 g/mol. The predicted octanol–water partition coefficient (Wildman–Crippen LogP) is 16.2. The van der Waals surface area contributed by atoms with Gasteiger partial charge in [0.2, 0.25) is 5.95 Å². The van der Waals surface area contributed by atoms with Crippen LogP contribution in [0.25, 0.3) is 22.8 Å². The smallest absolute Gasteiger partial charge is 1.00 e. The second kappa shape index (κ2) is 50.4. The normalized spacial score (nSPS) is 17.4. The van der Waals surface area contributed by atoms with E-state index in [1.165, 1.54) is 76.6 Å². The van der Waals surface area contributed by atoms with Crippen LogP contribution in [-0.2, 0) is 44.3 Å². The van der Waals surface area contributed by atoms with Crippen LogP contribution in [0.3, 0.4) is 0 Å². The molecular weight excluding hydrogens is 1770 g/mol. The van der Waals surface area contributed by atoms with Crippen molar-refractivity contribution in [1.82, 2.24) is 54.6 Å². The Hall–Kier alpha value is -8.76. The minimum absolute atomic E-state index is 0. The van der Waals surface area contributed by atoms with Gasteiger partial charge in [-0.15, -0.1) is 0 Å². The Bertz CT molecular complexity index is 4960. The average Bonchev–Trinajstić information content (AvgIpc) is 1.60. The number of carbonyl (C=O) groups excluding carboxylic acids is 3. The van der Waals surface area contributed by atoms with E-state index < -0.39 is 62.4 Å². The zero-order chi connectivity index (χ0) is 95.0. The maximum absolute atomic E-state index is 12.7. The Kier molecular flexibility index (Phi) is 44.7. The molecule has 0 aliphatic heterocycles. The summed E-state index contributed by atoms with van der Waals surface area (Å²) in [6.07, 6.45) is 27.1. The number of nitrogens with one attached hydrogen (secondary N) is 6. The number of allylic oxidation sites excluding steroid dienone is 1. The number of aryl methyl sites for hydroxylation is 1. The van der Waals surface area contributed by atoms with Crippen LogP contribution in [0.2, 0.25) is 0 Å². The molecule has 26 nitrogen and oxygen atoms in total. The number of carbonyl (C=O) groups is 3. The van der Waals surface area contributed by atoms with Crippen LogP contribution in [0.15, 0.2) is 200 Å². The van der Waals surface area contributed by atoms with Gasteiger partial charge in [-0.05, 0) is 245 Å². The number of ether oxygens (including phenoxy) is 1. The van der Waals surface area contributed by atoms with E-state index in [9.17, 15) is 27.0 Å². The molecule has 4 heterocycles. The third kappa shape index (κ3) is 37.4. The Morgan fingerprint density at radius 3 is 1.23 bits per heavy atom. The SMILES string of the molecule is C.C=C(C)[C@@H](N)C1(C)CC1.C=C(C)[C@@H](N)C1(C)CC1.C=C(C)[C@@H](N[S@](=O)C(C)(C)C)C1(C)CC1.C=C(C)[C@@H](Nc1ncc(C(N)=O)c(Nc2cccc(-c3ncccn3)c2)n1)C1(NC(=O)OCc2ccccc2)CC1.C=C(C)[C@H](N[S@](=O)C(C)(C)C)C1(C)CC1.C=[C-]C.CC1(C=N[S@](=O)C(C)(C)C)CC1.Cc1ncc(C(N)=O)c(Nc2cccc(-c3ncccn3)c2)n1.[Br-].[Mg+2]. The van der Waals surface area contributed by atoms with E-state index in [0.29, 0.717) is 39.8 Å². The number of rotatable bonds is 29. The van der Waals surface area contributed by atoms with Crippen molar-refractivity contribution in [3.63, 3.8) is 0 Å². The summed E-state index contributed by atoms with van der Waals surface area (Å²) in [5.74, 6) is 1.28. The number of halogens is 1. The van der Waals surface area contributed by atoms with Crippen LogP contribution in [-0.4, -0.2) is 150 Å². The Morgan fingerprint density at radius 2 is 0.908 bits per heavy atom. The largest absolute Gasteiger partial charge is 2.00 e. The summed E-state index contributed by atoms with van der Waals surface area (Å²) in [5.41, 5.74) is 33.2. The standard InChI is InChI=1S/C30H30N8O3.C16H14N6O.2C12H23NOS.C9H17NOS.2C8H15N.C3H5.CH4.BrH.Mg/c1-19(2)24(30(12-13-30)38-29(40)41-18-20-8-4-3-5-9-20)36-28-34-17-23(25(31)39)27(37-28)35-22-11-6-10-21(16-22)26-32-14-7-15-33-26;1-10-20-9-13(14(17)23)16(21-10)22-12-5-2-4-11(8-12)15-18-6-3-7-19-15;2*1-9(2)10(12(6)7-8-12)13-15(14)11(3,4)5;1-8(2,3)12(11)10-7-9(4)5-6-9;2*1-6(2)7(9)8(3)4-5-8;1-3-2;;;/h3-11,14-17,24H,1,12-13,18H2,2H3,(H2,31,39)(H,38,40)(H2,34,35,36,37);2-9H,1H3,(H2,17,23)(H,20,21,22);2*10,13H,1,7-8H2,2-6H3;7H,5-6H2,1-4H3;2*7H,1,4-5,9H2,2-3H3;1H2,2H3;1H4;1H;/q;;;;;;;-1;;;+2/p-1/t24-;;10-,15+;10-,15-;12-;2*7-;;;;/m1.01111..../s1. The van der Waals surface area contributed by atoms with E-state index in [2.05, 4.69) is 155 Å². The molecule has 13 rings (SSSR count). The summed E-state index contributed by atoms with van der Waals surface area (Å²) >= 11 is 0. The molecule has 0 radical (unpaired) electrons. The molecule has 130 heavy (non-hydrogen) atoms. The van der Waals surface area contributed by atoms with Crippen molar-refractivity contribution >= 4 is 109 Å². The zero-order valence-corrected chi connectivity index (χ0v) is 85.5. The number of nitrogens with two attached hydrogens (primary N) is 4. The van der Waals surface area contributed by atoms with E-state index in [1.54, 1.807) is 50.8 Å². The van der Waals surface area contributed by atoms with Crippen molar-refractivity contribution in [3.05, 3.63) is 224 Å². The number of hydrogen-bond donors (Lipinski definition) is 10. The van der Waals surface area contributed by atoms with Crippen LogP contribution in [0.1, 0.15) is 255 Å². The number of hydrogen-bond acceptors (Lipinski definition) is 20. The first kappa shape index (κ1) is 115. The molecule has 31 heteroatoms. The molecule has 4 aromatic heterocycles. The maximum atomic E-state index is 12.7. The molecule has 0 saturated heterocycles. The number of benzene rings is 3. The Labute approximate surface area is 810 Å². The van der Waals surface area contributed by atoms with Gasteiger partial charge in [0, 0.05) is 95.5 Å². The molecule has 706 valence electrons. The quantitative estimate of drug-likeness (QED) is 0.00901. The fraction of sp³-hybridized carbons (Fsp3) is 0.495. The summed E-state index contributed by atoms with van der Waals surface area (Å²) in [4.78, 5) is 70.5. The fourth-order valence-electron chi connectivity index (χ4n) is 12.6. The van der Waals surface area contributed by atoms with Gasteiger partial charge < -0.3 is 72.0 Å². The van der Waals surface area contributed by atoms with Crippen molar-refractivity contribution in [2.24, 2.45) is 54.4 Å². The van der Waals surface area contributed by atoms with E-state index in [-0.39, 0.29) is 132 Å². The molecule has 7 aromatic rings. The molecule has 6 fully saturated rings. The second-order valence-corrected chi connectivity index (χ2v) is 44.5. The van der Waals surface area contributed by atoms with Crippen molar-refractivity contribution in [2.45, 2.75) is 286 Å². The molecule has 0 bridgehead atoms. The van der Waals surface area contributed by atoms with Gasteiger partial charge in [-0.2, -0.15) is 16.3 Å². The predicted molar refractivity (Wildman–Crippen MR) is 536 cm³/mol. The van der Waals surface area contributed by atoms with Crippen molar-refractivity contribution in [3.8, 4) is 22.8 Å². The average molecular weight is 1910 g/mol. The van der Waals surface area contributed by atoms with Gasteiger partial charge in [-0.25, -0.2) is 61.8 Å². The van der Waals surface area contributed by atoms with Crippen LogP contribution in [0.5, 0.6) is 0 Å². The van der Waals surface area contributed by atoms with E-state index in [0.717, 1.165) is 63.1 Å². The molecule has 0 spiro atoms. The molecule has 14 N–H and O–H groups in total. The Morgan fingerprint density at radius 1 is 0.531 bits per heavy atom. The van der Waals surface area contributed by atoms with Crippen molar-refractivity contribution in [1.29, 1.82) is 0 Å². The minimum atomic E-state index is -1.07. The third-order valence-corrected chi connectivity index (χ3v) is 27.0. The second-order valence-electron chi connectivity index (χ2n) is 38.6. The molecule has 3 amide bonds. The molecule has 3 aromatic carbocycles. The number of primary amides is 2. The minimum Gasteiger partial charge on any atom is -1.00 e. The van der Waals surface area contributed by atoms with E-state index in [4.69, 9.17) is 27.7 Å². The number of aromatic nitrogens is 8. The summed E-state index contributed by atoms with van der Waals surface area (Å²) in [5, 5.41) is 12.6. The summed E-state index contributed by atoms with van der Waals surface area (Å²) in [7, 11) is -3.08. The molecule has 6 aliphatic carbocycles. The van der Waals surface area contributed by atoms with Gasteiger partial charge in [0.15, 0.2) is 11.6 Å². The van der Waals surface area contributed by atoms with Gasteiger partial charge in [-0.1, -0.05) is 157 Å². The number of alkyl carbamates (subject to hydrolysis) is 1. The van der Waals surface area contributed by atoms with Gasteiger partial charge in [0.1, 0.15) is 46.2 Å². The first-order valence-electron chi connectivity index (χ1n) is 43.1. The number of nitrogens with zero attached hydrogens (tertiary/aromatic N) is 9. The summed E-state index contributed by atoms with van der Waals surface area (Å²) < 4.78 is 50.8. The topological polar surface area (TPSA) is 403 Å². The molecule has 0 unspecified atom stereocenters. The van der Waals surface area contributed by atoms with Crippen LogP contribution >= 0.6 is 0 Å². The fourth-order valence-corrected chi connectivity index (χ4v) is 15.4. The number of anilines is 5. The first-order valence-corrected chi connectivity index (χ1v) is 46.5. The van der Waals surface area contributed by atoms with Gasteiger partial charge in [-0.3, -0.25) is 16.2 Å². The molecular formula is C99H146BrMgN19O7S3. The van der Waals surface area contributed by atoms with Crippen LogP contribution < -0.4 is 70.6 Å². The third-order valence-electron chi connectivity index (χ3n) is 22.5. The molecule has 6 aliphatic rings. The first-order chi connectivity index (χ1) is 59.2. The molecule has 6 saturated carbocycles. The van der Waals surface area contributed by atoms with E-state index >= 15 is 0 Å². The van der Waals surface area contributed by atoms with Gasteiger partial charge >= 0.3 is 29.1 Å². The summed E-state index contributed by atoms with van der Waals surface area (Å²) in [6.45, 7) is 65.4. The van der Waals surface area contributed by atoms with Crippen LogP contribution in [0.4, 0.5) is 33.8 Å². The van der Waals surface area contributed by atoms with Gasteiger partial charge in [0.25, 0.3) is 11.8 Å². The van der Waals surface area contributed by atoms with Crippen LogP contribution in [0, 0.1) is 40.1 Å². The van der Waals surface area contributed by atoms with Gasteiger partial charge in [0.05, 0.1) is 47.8 Å². The maximum Gasteiger partial charge on any atom is 2.00 e. The Balaban J connectivity index is 0.000000418. The molecule has 8 atom stereocenters. The van der Waals surface area contributed by atoms with E-state index in [1.807, 2.05) is 182 Å². The van der Waals surface area contributed by atoms with Crippen molar-refractivity contribution < 1.29 is 48.7 Å². The van der Waals surface area contributed by atoms with Crippen molar-refractivity contribution in [2.75, 3.05) is 16.0 Å². The zero-order valence-electron chi connectivity index (χ0n) is 80.0.